The van der Waals surface area contributed by atoms with Crippen molar-refractivity contribution in [3.8, 4) is 5.75 Å². The molecule has 2 aromatic rings. The highest BCUT2D eigenvalue weighted by Crippen LogP contribution is 2.49. The molecule has 0 spiro atoms. The third kappa shape index (κ3) is 4.60. The van der Waals surface area contributed by atoms with E-state index in [4.69, 9.17) is 4.74 Å². The number of hydrogen-bond donors (Lipinski definition) is 2. The summed E-state index contributed by atoms with van der Waals surface area (Å²) in [7, 11) is 1.64. The molecule has 1 aromatic heterocycles. The van der Waals surface area contributed by atoms with Gasteiger partial charge in [0.25, 0.3) is 0 Å². The van der Waals surface area contributed by atoms with E-state index in [1.54, 1.807) is 7.11 Å². The van der Waals surface area contributed by atoms with Crippen LogP contribution in [0.4, 0.5) is 10.8 Å². The van der Waals surface area contributed by atoms with Gasteiger partial charge in [-0.15, -0.1) is 10.2 Å². The average molecular weight is 419 g/mol. The van der Waals surface area contributed by atoms with Crippen molar-refractivity contribution in [1.29, 1.82) is 0 Å². The number of benzene rings is 1. The van der Waals surface area contributed by atoms with Crippen molar-refractivity contribution >= 4 is 39.8 Å². The van der Waals surface area contributed by atoms with Crippen LogP contribution in [-0.2, 0) is 4.79 Å². The highest BCUT2D eigenvalue weighted by molar-refractivity contribution is 8.01. The van der Waals surface area contributed by atoms with E-state index in [-0.39, 0.29) is 11.9 Å². The summed E-state index contributed by atoms with van der Waals surface area (Å²) >= 11 is 2.88. The standard InChI is InChI=1S/C20H26N4O2S2/c1-12(17-9-13-6-7-14(17)8-13)21-18(25)11-27-20-24-23-19(28-20)22-15-4-3-5-16(10-15)26-2/h3-5,10,12-14,17H,6-9,11H2,1-2H3,(H,21,25)(H,22,23). The van der Waals surface area contributed by atoms with Gasteiger partial charge in [0.2, 0.25) is 11.0 Å². The van der Waals surface area contributed by atoms with Crippen LogP contribution >= 0.6 is 23.1 Å². The van der Waals surface area contributed by atoms with Gasteiger partial charge in [0.1, 0.15) is 5.75 Å². The Morgan fingerprint density at radius 1 is 1.36 bits per heavy atom. The molecule has 150 valence electrons. The minimum Gasteiger partial charge on any atom is -0.497 e. The number of carbonyl (C=O) groups excluding carboxylic acids is 1. The van der Waals surface area contributed by atoms with Crippen molar-refractivity contribution in [1.82, 2.24) is 15.5 Å². The lowest BCUT2D eigenvalue weighted by Crippen LogP contribution is -2.40. The average Bonchev–Trinajstić information content (AvgIpc) is 3.44. The molecule has 2 N–H and O–H groups in total. The van der Waals surface area contributed by atoms with Crippen LogP contribution in [0.3, 0.4) is 0 Å². The predicted octanol–water partition coefficient (Wildman–Crippen LogP) is 4.32. The van der Waals surface area contributed by atoms with Crippen LogP contribution in [0.15, 0.2) is 28.6 Å². The van der Waals surface area contributed by atoms with Gasteiger partial charge in [-0.25, -0.2) is 0 Å². The Balaban J connectivity index is 1.24. The summed E-state index contributed by atoms with van der Waals surface area (Å²) in [5, 5.41) is 15.5. The van der Waals surface area contributed by atoms with Crippen LogP contribution in [0.2, 0.25) is 0 Å². The summed E-state index contributed by atoms with van der Waals surface area (Å²) in [6.45, 7) is 2.16. The molecule has 2 saturated carbocycles. The molecule has 2 aliphatic carbocycles. The molecule has 1 heterocycles. The van der Waals surface area contributed by atoms with Crippen LogP contribution in [0.25, 0.3) is 0 Å². The first-order valence-corrected chi connectivity index (χ1v) is 11.6. The molecule has 6 nitrogen and oxygen atoms in total. The van der Waals surface area contributed by atoms with Gasteiger partial charge in [-0.3, -0.25) is 4.79 Å². The largest absolute Gasteiger partial charge is 0.497 e. The van der Waals surface area contributed by atoms with E-state index in [1.165, 1.54) is 48.8 Å². The molecular formula is C20H26N4O2S2. The number of thioether (sulfide) groups is 1. The number of carbonyl (C=O) groups is 1. The summed E-state index contributed by atoms with van der Waals surface area (Å²) in [6.07, 6.45) is 5.39. The van der Waals surface area contributed by atoms with Gasteiger partial charge in [0.05, 0.1) is 12.9 Å². The van der Waals surface area contributed by atoms with Gasteiger partial charge in [-0.05, 0) is 56.1 Å². The second-order valence-electron chi connectivity index (χ2n) is 7.71. The van der Waals surface area contributed by atoms with Crippen molar-refractivity contribution in [2.75, 3.05) is 18.2 Å². The molecule has 8 heteroatoms. The van der Waals surface area contributed by atoms with E-state index in [1.807, 2.05) is 24.3 Å². The molecule has 4 unspecified atom stereocenters. The normalized spacial score (nSPS) is 24.1. The van der Waals surface area contributed by atoms with E-state index >= 15 is 0 Å². The second kappa shape index (κ2) is 8.69. The number of rotatable bonds is 8. The van der Waals surface area contributed by atoms with Gasteiger partial charge in [-0.2, -0.15) is 0 Å². The number of nitrogens with zero attached hydrogens (tertiary/aromatic N) is 2. The van der Waals surface area contributed by atoms with Crippen LogP contribution in [0, 0.1) is 17.8 Å². The molecule has 0 radical (unpaired) electrons. The minimum absolute atomic E-state index is 0.0813. The maximum absolute atomic E-state index is 12.4. The zero-order valence-electron chi connectivity index (χ0n) is 16.2. The summed E-state index contributed by atoms with van der Waals surface area (Å²) in [5.74, 6) is 3.62. The molecule has 28 heavy (non-hydrogen) atoms. The van der Waals surface area contributed by atoms with Crippen molar-refractivity contribution in [3.63, 3.8) is 0 Å². The number of amides is 1. The predicted molar refractivity (Wildman–Crippen MR) is 113 cm³/mol. The molecule has 1 amide bonds. The topological polar surface area (TPSA) is 76.1 Å². The van der Waals surface area contributed by atoms with E-state index in [2.05, 4.69) is 27.8 Å². The fraction of sp³-hybridized carbons (Fsp3) is 0.550. The Labute approximate surface area is 173 Å². The lowest BCUT2D eigenvalue weighted by molar-refractivity contribution is -0.119. The molecule has 2 bridgehead atoms. The first kappa shape index (κ1) is 19.5. The smallest absolute Gasteiger partial charge is 0.230 e. The molecular weight excluding hydrogens is 392 g/mol. The van der Waals surface area contributed by atoms with Crippen LogP contribution in [0.5, 0.6) is 5.75 Å². The summed E-state index contributed by atoms with van der Waals surface area (Å²) < 4.78 is 6.01. The number of hydrogen-bond acceptors (Lipinski definition) is 7. The molecule has 0 saturated heterocycles. The molecule has 4 atom stereocenters. The highest BCUT2D eigenvalue weighted by Gasteiger charge is 2.42. The van der Waals surface area contributed by atoms with Crippen molar-refractivity contribution in [2.45, 2.75) is 43.0 Å². The van der Waals surface area contributed by atoms with Crippen LogP contribution in [0.1, 0.15) is 32.6 Å². The summed E-state index contributed by atoms with van der Waals surface area (Å²) in [6, 6.07) is 7.92. The van der Waals surface area contributed by atoms with Crippen molar-refractivity contribution in [2.24, 2.45) is 17.8 Å². The summed E-state index contributed by atoms with van der Waals surface area (Å²) in [5.41, 5.74) is 0.893. The Hall–Kier alpha value is -1.80. The fourth-order valence-electron chi connectivity index (χ4n) is 4.58. The third-order valence-corrected chi connectivity index (χ3v) is 7.85. The molecule has 0 aliphatic heterocycles. The van der Waals surface area contributed by atoms with Gasteiger partial charge in [0.15, 0.2) is 4.34 Å². The number of methoxy groups -OCH3 is 1. The number of nitrogens with one attached hydrogen (secondary N) is 2. The Morgan fingerprint density at radius 3 is 3.00 bits per heavy atom. The van der Waals surface area contributed by atoms with E-state index in [0.717, 1.165) is 27.6 Å². The van der Waals surface area contributed by atoms with Gasteiger partial charge in [-0.1, -0.05) is 35.6 Å². The number of fused-ring (bicyclic) bond motifs is 2. The van der Waals surface area contributed by atoms with E-state index in [9.17, 15) is 4.79 Å². The van der Waals surface area contributed by atoms with Gasteiger partial charge < -0.3 is 15.4 Å². The molecule has 1 aromatic carbocycles. The number of aromatic nitrogens is 2. The molecule has 2 aliphatic rings. The summed E-state index contributed by atoms with van der Waals surface area (Å²) in [4.78, 5) is 12.4. The first-order chi connectivity index (χ1) is 13.6. The van der Waals surface area contributed by atoms with Gasteiger partial charge >= 0.3 is 0 Å². The van der Waals surface area contributed by atoms with Crippen LogP contribution in [-0.4, -0.2) is 35.0 Å². The quantitative estimate of drug-likeness (QED) is 0.622. The Morgan fingerprint density at radius 2 is 2.25 bits per heavy atom. The third-order valence-electron chi connectivity index (χ3n) is 5.88. The zero-order chi connectivity index (χ0) is 19.5. The maximum Gasteiger partial charge on any atom is 0.230 e. The van der Waals surface area contributed by atoms with Gasteiger partial charge in [0, 0.05) is 17.8 Å². The van der Waals surface area contributed by atoms with E-state index < -0.39 is 0 Å². The Bertz CT molecular complexity index is 828. The van der Waals surface area contributed by atoms with Crippen molar-refractivity contribution < 1.29 is 9.53 Å². The molecule has 4 rings (SSSR count). The highest BCUT2D eigenvalue weighted by atomic mass is 32.2. The minimum atomic E-state index is 0.0813. The first-order valence-electron chi connectivity index (χ1n) is 9.77. The van der Waals surface area contributed by atoms with E-state index in [0.29, 0.717) is 16.8 Å². The van der Waals surface area contributed by atoms with Crippen LogP contribution < -0.4 is 15.4 Å². The molecule has 2 fully saturated rings. The lowest BCUT2D eigenvalue weighted by atomic mass is 9.84. The fourth-order valence-corrected chi connectivity index (χ4v) is 6.16. The van der Waals surface area contributed by atoms with Crippen molar-refractivity contribution in [3.05, 3.63) is 24.3 Å². The zero-order valence-corrected chi connectivity index (χ0v) is 17.8. The monoisotopic (exact) mass is 418 g/mol. The number of ether oxygens (including phenoxy) is 1. The SMILES string of the molecule is COc1cccc(Nc2nnc(SCC(=O)NC(C)C3CC4CCC3C4)s2)c1. The second-order valence-corrected chi connectivity index (χ2v) is 9.91. The lowest BCUT2D eigenvalue weighted by Gasteiger charge is -2.28. The Kier molecular flexibility index (Phi) is 6.06. The number of anilines is 2. The maximum atomic E-state index is 12.4.